The Balaban J connectivity index is 2.12. The lowest BCUT2D eigenvalue weighted by Crippen LogP contribution is -2.47. The first-order valence-electron chi connectivity index (χ1n) is 7.14. The summed E-state index contributed by atoms with van der Waals surface area (Å²) in [7, 11) is 0. The fraction of sp³-hybridized carbons (Fsp3) is 0.600. The lowest BCUT2D eigenvalue weighted by Gasteiger charge is -2.36. The molecule has 1 aromatic heterocycles. The maximum Gasteiger partial charge on any atom is 0.308 e. The molecule has 1 unspecified atom stereocenters. The second kappa shape index (κ2) is 6.91. The van der Waals surface area contributed by atoms with Gasteiger partial charge in [0.1, 0.15) is 11.4 Å². The van der Waals surface area contributed by atoms with Crippen molar-refractivity contribution in [1.82, 2.24) is 4.98 Å². The summed E-state index contributed by atoms with van der Waals surface area (Å²) in [5, 5.41) is 0. The maximum absolute atomic E-state index is 13.5. The Morgan fingerprint density at radius 2 is 2.27 bits per heavy atom. The topological polar surface area (TPSA) is 51.7 Å². The number of carbonyl (C=O) groups is 1. The highest BCUT2D eigenvalue weighted by atomic mass is 79.9. The van der Waals surface area contributed by atoms with E-state index in [0.29, 0.717) is 30.0 Å². The third kappa shape index (κ3) is 4.91. The first-order valence-corrected chi connectivity index (χ1v) is 7.93. The standard InChI is InChI=1S/C15H20BrFN2O3/c1-15(2,3)22-14(20)8-11-9-21-5-4-19(11)13-7-10(16)6-12(17)18-13/h6-7,11H,4-5,8-9H2,1-3H3. The van der Waals surface area contributed by atoms with Crippen LogP contribution >= 0.6 is 15.9 Å². The van der Waals surface area contributed by atoms with E-state index in [2.05, 4.69) is 20.9 Å². The molecule has 0 aromatic carbocycles. The molecular weight excluding hydrogens is 355 g/mol. The third-order valence-corrected chi connectivity index (χ3v) is 3.55. The van der Waals surface area contributed by atoms with Gasteiger partial charge in [-0.25, -0.2) is 4.98 Å². The Kier molecular flexibility index (Phi) is 5.39. The molecule has 1 atom stereocenters. The van der Waals surface area contributed by atoms with Crippen LogP contribution in [0.1, 0.15) is 27.2 Å². The highest BCUT2D eigenvalue weighted by molar-refractivity contribution is 9.10. The van der Waals surface area contributed by atoms with Crippen molar-refractivity contribution in [3.8, 4) is 0 Å². The smallest absolute Gasteiger partial charge is 0.308 e. The molecule has 1 aliphatic rings. The van der Waals surface area contributed by atoms with E-state index >= 15 is 0 Å². The van der Waals surface area contributed by atoms with E-state index < -0.39 is 11.5 Å². The highest BCUT2D eigenvalue weighted by Gasteiger charge is 2.29. The summed E-state index contributed by atoms with van der Waals surface area (Å²) in [4.78, 5) is 17.8. The average molecular weight is 375 g/mol. The normalized spacial score (nSPS) is 19.1. The zero-order valence-corrected chi connectivity index (χ0v) is 14.5. The summed E-state index contributed by atoms with van der Waals surface area (Å²) >= 11 is 3.26. The molecule has 2 rings (SSSR count). The van der Waals surface area contributed by atoms with Gasteiger partial charge >= 0.3 is 5.97 Å². The van der Waals surface area contributed by atoms with Crippen LogP contribution in [-0.2, 0) is 14.3 Å². The number of halogens is 2. The molecule has 22 heavy (non-hydrogen) atoms. The van der Waals surface area contributed by atoms with Crippen molar-refractivity contribution in [2.45, 2.75) is 38.8 Å². The van der Waals surface area contributed by atoms with E-state index in [4.69, 9.17) is 9.47 Å². The first kappa shape index (κ1) is 17.1. The number of aromatic nitrogens is 1. The molecule has 0 spiro atoms. The summed E-state index contributed by atoms with van der Waals surface area (Å²) < 4.78 is 24.9. The molecule has 7 heteroatoms. The second-order valence-corrected chi connectivity index (χ2v) is 7.09. The number of morpholine rings is 1. The van der Waals surface area contributed by atoms with Crippen LogP contribution in [0.2, 0.25) is 0 Å². The van der Waals surface area contributed by atoms with Crippen molar-refractivity contribution in [2.75, 3.05) is 24.7 Å². The predicted molar refractivity (Wildman–Crippen MR) is 84.3 cm³/mol. The van der Waals surface area contributed by atoms with Gasteiger partial charge in [-0.05, 0) is 26.8 Å². The Morgan fingerprint density at radius 1 is 1.55 bits per heavy atom. The summed E-state index contributed by atoms with van der Waals surface area (Å²) in [6, 6.07) is 2.81. The third-order valence-electron chi connectivity index (χ3n) is 3.09. The van der Waals surface area contributed by atoms with Gasteiger partial charge in [0.05, 0.1) is 25.7 Å². The predicted octanol–water partition coefficient (Wildman–Crippen LogP) is 2.92. The largest absolute Gasteiger partial charge is 0.460 e. The molecule has 0 amide bonds. The molecule has 1 aliphatic heterocycles. The van der Waals surface area contributed by atoms with E-state index in [1.807, 2.05) is 25.7 Å². The van der Waals surface area contributed by atoms with Crippen molar-refractivity contribution in [2.24, 2.45) is 0 Å². The molecule has 0 bridgehead atoms. The summed E-state index contributed by atoms with van der Waals surface area (Å²) in [5.74, 6) is -0.376. The van der Waals surface area contributed by atoms with E-state index in [-0.39, 0.29) is 18.4 Å². The van der Waals surface area contributed by atoms with Gasteiger partial charge in [-0.3, -0.25) is 4.79 Å². The quantitative estimate of drug-likeness (QED) is 0.601. The van der Waals surface area contributed by atoms with E-state index in [0.717, 1.165) is 0 Å². The van der Waals surface area contributed by atoms with Gasteiger partial charge in [0.25, 0.3) is 0 Å². The van der Waals surface area contributed by atoms with Crippen LogP contribution in [0.15, 0.2) is 16.6 Å². The van der Waals surface area contributed by atoms with Gasteiger partial charge in [0.2, 0.25) is 5.95 Å². The molecule has 1 fully saturated rings. The number of nitrogens with zero attached hydrogens (tertiary/aromatic N) is 2. The molecule has 1 aromatic rings. The minimum atomic E-state index is -0.563. The zero-order valence-electron chi connectivity index (χ0n) is 12.9. The molecule has 122 valence electrons. The summed E-state index contributed by atoms with van der Waals surface area (Å²) in [6.07, 6.45) is 0.174. The number of anilines is 1. The Labute approximate surface area is 137 Å². The van der Waals surface area contributed by atoms with Crippen LogP contribution < -0.4 is 4.90 Å². The van der Waals surface area contributed by atoms with Gasteiger partial charge in [0, 0.05) is 17.1 Å². The van der Waals surface area contributed by atoms with E-state index in [9.17, 15) is 9.18 Å². The van der Waals surface area contributed by atoms with Crippen molar-refractivity contribution in [3.05, 3.63) is 22.6 Å². The minimum absolute atomic E-state index is 0.174. The fourth-order valence-electron chi connectivity index (χ4n) is 2.30. The number of carbonyl (C=O) groups excluding carboxylic acids is 1. The average Bonchev–Trinajstić information content (AvgIpc) is 2.35. The number of hydrogen-bond donors (Lipinski definition) is 0. The van der Waals surface area contributed by atoms with Crippen LogP contribution in [0, 0.1) is 5.95 Å². The van der Waals surface area contributed by atoms with Gasteiger partial charge < -0.3 is 14.4 Å². The summed E-state index contributed by atoms with van der Waals surface area (Å²) in [6.45, 7) is 6.92. The molecule has 5 nitrogen and oxygen atoms in total. The highest BCUT2D eigenvalue weighted by Crippen LogP contribution is 2.24. The zero-order chi connectivity index (χ0) is 16.3. The lowest BCUT2D eigenvalue weighted by atomic mass is 10.1. The van der Waals surface area contributed by atoms with Gasteiger partial charge in [0.15, 0.2) is 0 Å². The first-order chi connectivity index (χ1) is 10.2. The van der Waals surface area contributed by atoms with Crippen molar-refractivity contribution in [3.63, 3.8) is 0 Å². The second-order valence-electron chi connectivity index (χ2n) is 6.18. The number of esters is 1. The lowest BCUT2D eigenvalue weighted by molar-refractivity contribution is -0.155. The number of rotatable bonds is 3. The number of ether oxygens (including phenoxy) is 2. The van der Waals surface area contributed by atoms with E-state index in [1.54, 1.807) is 6.07 Å². The molecule has 0 radical (unpaired) electrons. The number of hydrogen-bond acceptors (Lipinski definition) is 5. The van der Waals surface area contributed by atoms with Crippen LogP contribution in [-0.4, -0.2) is 42.4 Å². The van der Waals surface area contributed by atoms with E-state index in [1.165, 1.54) is 6.07 Å². The van der Waals surface area contributed by atoms with Crippen molar-refractivity contribution >= 4 is 27.7 Å². The Hall–Kier alpha value is -1.21. The fourth-order valence-corrected chi connectivity index (χ4v) is 2.69. The van der Waals surface area contributed by atoms with Crippen molar-refractivity contribution in [1.29, 1.82) is 0 Å². The summed E-state index contributed by atoms with van der Waals surface area (Å²) in [5.41, 5.74) is -0.530. The SMILES string of the molecule is CC(C)(C)OC(=O)CC1COCCN1c1cc(Br)cc(F)n1. The molecule has 0 aliphatic carbocycles. The molecule has 0 saturated carbocycles. The van der Waals surface area contributed by atoms with Crippen LogP contribution in [0.3, 0.4) is 0 Å². The Bertz CT molecular complexity index is 528. The molecule has 0 N–H and O–H groups in total. The number of pyridine rings is 1. The van der Waals surface area contributed by atoms with Crippen LogP contribution in [0.25, 0.3) is 0 Å². The Morgan fingerprint density at radius 3 is 2.91 bits per heavy atom. The van der Waals surface area contributed by atoms with Gasteiger partial charge in [-0.2, -0.15) is 4.39 Å². The molecule has 2 heterocycles. The van der Waals surface area contributed by atoms with Gasteiger partial charge in [-0.1, -0.05) is 15.9 Å². The maximum atomic E-state index is 13.5. The minimum Gasteiger partial charge on any atom is -0.460 e. The monoisotopic (exact) mass is 374 g/mol. The van der Waals surface area contributed by atoms with Crippen LogP contribution in [0.5, 0.6) is 0 Å². The van der Waals surface area contributed by atoms with Crippen LogP contribution in [0.4, 0.5) is 10.2 Å². The van der Waals surface area contributed by atoms with Crippen molar-refractivity contribution < 1.29 is 18.7 Å². The molecule has 1 saturated heterocycles. The molecular formula is C15H20BrFN2O3. The van der Waals surface area contributed by atoms with Gasteiger partial charge in [-0.15, -0.1) is 0 Å².